The van der Waals surface area contributed by atoms with Gasteiger partial charge in [0.1, 0.15) is 6.04 Å². The van der Waals surface area contributed by atoms with E-state index in [2.05, 4.69) is 5.32 Å². The number of benzene rings is 2. The lowest BCUT2D eigenvalue weighted by atomic mass is 9.93. The third-order valence-corrected chi connectivity index (χ3v) is 3.60. The fourth-order valence-corrected chi connectivity index (χ4v) is 2.28. The first kappa shape index (κ1) is 15.8. The molecule has 114 valence electrons. The average molecular weight is 297 g/mol. The Balaban J connectivity index is 2.20. The predicted molar refractivity (Wildman–Crippen MR) is 84.6 cm³/mol. The molecule has 4 heteroatoms. The van der Waals surface area contributed by atoms with Gasteiger partial charge in [0.15, 0.2) is 0 Å². The Kier molecular flexibility index (Phi) is 5.31. The topological polar surface area (TPSA) is 55.4 Å². The second-order valence-corrected chi connectivity index (χ2v) is 5.04. The first-order valence-corrected chi connectivity index (χ1v) is 7.12. The van der Waals surface area contributed by atoms with Crippen molar-refractivity contribution in [2.24, 2.45) is 0 Å². The number of nitrogens with one attached hydrogen (secondary N) is 1. The average Bonchev–Trinajstić information content (AvgIpc) is 2.59. The molecular weight excluding hydrogens is 278 g/mol. The zero-order valence-corrected chi connectivity index (χ0v) is 12.7. The number of hydrogen-bond donors (Lipinski definition) is 1. The van der Waals surface area contributed by atoms with E-state index < -0.39 is 12.0 Å². The molecule has 1 amide bonds. The number of methoxy groups -OCH3 is 1. The molecule has 0 aliphatic rings. The molecule has 2 rings (SSSR count). The molecule has 2 aromatic carbocycles. The molecule has 1 N–H and O–H groups in total. The highest BCUT2D eigenvalue weighted by Crippen LogP contribution is 2.20. The summed E-state index contributed by atoms with van der Waals surface area (Å²) < 4.78 is 4.84. The molecule has 0 aliphatic carbocycles. The van der Waals surface area contributed by atoms with Crippen LogP contribution in [0.4, 0.5) is 0 Å². The molecule has 2 aromatic rings. The Hall–Kier alpha value is -2.62. The summed E-state index contributed by atoms with van der Waals surface area (Å²) in [6.45, 7) is 1.89. The number of rotatable bonds is 5. The van der Waals surface area contributed by atoms with E-state index in [0.29, 0.717) is 5.56 Å². The molecule has 0 heterocycles. The fourth-order valence-electron chi connectivity index (χ4n) is 2.28. The normalized spacial score (nSPS) is 13.0. The smallest absolute Gasteiger partial charge is 0.328 e. The van der Waals surface area contributed by atoms with Crippen LogP contribution in [0.2, 0.25) is 0 Å². The first-order chi connectivity index (χ1) is 10.6. The number of amides is 1. The summed E-state index contributed by atoms with van der Waals surface area (Å²) in [7, 11) is 1.32. The van der Waals surface area contributed by atoms with E-state index in [0.717, 1.165) is 5.56 Å². The van der Waals surface area contributed by atoms with Crippen molar-refractivity contribution in [2.45, 2.75) is 18.9 Å². The second kappa shape index (κ2) is 7.41. The van der Waals surface area contributed by atoms with Crippen LogP contribution in [0.15, 0.2) is 60.7 Å². The Morgan fingerprint density at radius 3 is 2.05 bits per heavy atom. The van der Waals surface area contributed by atoms with Crippen LogP contribution in [-0.4, -0.2) is 25.0 Å². The molecule has 0 saturated carbocycles. The summed E-state index contributed by atoms with van der Waals surface area (Å²) in [6, 6.07) is 17.6. The fraction of sp³-hybridized carbons (Fsp3) is 0.222. The number of hydrogen-bond acceptors (Lipinski definition) is 3. The maximum absolute atomic E-state index is 12.3. The monoisotopic (exact) mass is 297 g/mol. The predicted octanol–water partition coefficient (Wildman–Crippen LogP) is 2.76. The van der Waals surface area contributed by atoms with Gasteiger partial charge in [-0.1, -0.05) is 55.5 Å². The van der Waals surface area contributed by atoms with Crippen LogP contribution in [0.25, 0.3) is 0 Å². The van der Waals surface area contributed by atoms with Gasteiger partial charge in [-0.15, -0.1) is 0 Å². The van der Waals surface area contributed by atoms with Crippen molar-refractivity contribution in [1.82, 2.24) is 5.32 Å². The lowest BCUT2D eigenvalue weighted by Crippen LogP contribution is -2.44. The van der Waals surface area contributed by atoms with Gasteiger partial charge in [0, 0.05) is 11.5 Å². The molecule has 0 aromatic heterocycles. The van der Waals surface area contributed by atoms with Crippen LogP contribution in [0.5, 0.6) is 0 Å². The zero-order chi connectivity index (χ0) is 15.9. The van der Waals surface area contributed by atoms with E-state index in [1.54, 1.807) is 24.3 Å². The number of carbonyl (C=O) groups is 2. The molecular formula is C18H19NO3. The number of ether oxygens (including phenoxy) is 1. The lowest BCUT2D eigenvalue weighted by Gasteiger charge is -2.23. The van der Waals surface area contributed by atoms with Crippen molar-refractivity contribution >= 4 is 11.9 Å². The quantitative estimate of drug-likeness (QED) is 0.863. The minimum Gasteiger partial charge on any atom is -0.467 e. The van der Waals surface area contributed by atoms with Gasteiger partial charge >= 0.3 is 5.97 Å². The van der Waals surface area contributed by atoms with E-state index in [1.165, 1.54) is 7.11 Å². The van der Waals surface area contributed by atoms with Crippen LogP contribution < -0.4 is 5.32 Å². The first-order valence-electron chi connectivity index (χ1n) is 7.12. The highest BCUT2D eigenvalue weighted by molar-refractivity contribution is 5.97. The molecule has 0 spiro atoms. The van der Waals surface area contributed by atoms with Crippen molar-refractivity contribution in [2.75, 3.05) is 7.11 Å². The summed E-state index contributed by atoms with van der Waals surface area (Å²) in [4.78, 5) is 24.3. The van der Waals surface area contributed by atoms with Gasteiger partial charge < -0.3 is 10.1 Å². The molecule has 0 unspecified atom stereocenters. The highest BCUT2D eigenvalue weighted by Gasteiger charge is 2.29. The highest BCUT2D eigenvalue weighted by atomic mass is 16.5. The van der Waals surface area contributed by atoms with Gasteiger partial charge in [-0.25, -0.2) is 4.79 Å². The minimum atomic E-state index is -0.736. The SMILES string of the molecule is COC(=O)[C@@H](NC(=O)c1ccccc1)[C@H](C)c1ccccc1. The van der Waals surface area contributed by atoms with E-state index in [4.69, 9.17) is 4.74 Å². The maximum atomic E-state index is 12.3. The molecule has 0 fully saturated rings. The van der Waals surface area contributed by atoms with Crippen molar-refractivity contribution < 1.29 is 14.3 Å². The maximum Gasteiger partial charge on any atom is 0.328 e. The van der Waals surface area contributed by atoms with Crippen LogP contribution in [0, 0.1) is 0 Å². The molecule has 0 aliphatic heterocycles. The summed E-state index contributed by atoms with van der Waals surface area (Å²) >= 11 is 0. The molecule has 0 saturated heterocycles. The Bertz CT molecular complexity index is 625. The standard InChI is InChI=1S/C18H19NO3/c1-13(14-9-5-3-6-10-14)16(18(21)22-2)19-17(20)15-11-7-4-8-12-15/h3-13,16H,1-2H3,(H,19,20)/t13-,16+/m1/s1. The Morgan fingerprint density at radius 1 is 0.955 bits per heavy atom. The third kappa shape index (κ3) is 3.73. The van der Waals surface area contributed by atoms with Gasteiger partial charge in [0.25, 0.3) is 5.91 Å². The second-order valence-electron chi connectivity index (χ2n) is 5.04. The summed E-state index contributed by atoms with van der Waals surface area (Å²) in [5.41, 5.74) is 1.47. The molecule has 2 atom stereocenters. The number of carbonyl (C=O) groups excluding carboxylic acids is 2. The van der Waals surface area contributed by atoms with Crippen LogP contribution in [0.3, 0.4) is 0 Å². The minimum absolute atomic E-state index is 0.193. The van der Waals surface area contributed by atoms with Gasteiger partial charge in [0.2, 0.25) is 0 Å². The van der Waals surface area contributed by atoms with E-state index in [9.17, 15) is 9.59 Å². The van der Waals surface area contributed by atoms with Crippen LogP contribution >= 0.6 is 0 Å². The van der Waals surface area contributed by atoms with E-state index in [1.807, 2.05) is 43.3 Å². The summed E-state index contributed by atoms with van der Waals surface area (Å²) in [5, 5.41) is 2.77. The largest absolute Gasteiger partial charge is 0.467 e. The van der Waals surface area contributed by atoms with Gasteiger partial charge in [-0.2, -0.15) is 0 Å². The summed E-state index contributed by atoms with van der Waals surface area (Å²) in [5.74, 6) is -0.944. The van der Waals surface area contributed by atoms with E-state index in [-0.39, 0.29) is 11.8 Å². The van der Waals surface area contributed by atoms with Crippen molar-refractivity contribution in [1.29, 1.82) is 0 Å². The van der Waals surface area contributed by atoms with Crippen LogP contribution in [-0.2, 0) is 9.53 Å². The van der Waals surface area contributed by atoms with Crippen molar-refractivity contribution in [3.05, 3.63) is 71.8 Å². The molecule has 22 heavy (non-hydrogen) atoms. The Morgan fingerprint density at radius 2 is 1.50 bits per heavy atom. The van der Waals surface area contributed by atoms with Gasteiger partial charge in [0.05, 0.1) is 7.11 Å². The van der Waals surface area contributed by atoms with Crippen molar-refractivity contribution in [3.63, 3.8) is 0 Å². The summed E-state index contributed by atoms with van der Waals surface area (Å²) in [6.07, 6.45) is 0. The zero-order valence-electron chi connectivity index (χ0n) is 12.7. The molecule has 4 nitrogen and oxygen atoms in total. The Labute approximate surface area is 130 Å². The third-order valence-electron chi connectivity index (χ3n) is 3.60. The van der Waals surface area contributed by atoms with Gasteiger partial charge in [-0.05, 0) is 17.7 Å². The lowest BCUT2D eigenvalue weighted by molar-refractivity contribution is -0.143. The number of esters is 1. The van der Waals surface area contributed by atoms with Gasteiger partial charge in [-0.3, -0.25) is 4.79 Å². The molecule has 0 bridgehead atoms. The molecule has 0 radical (unpaired) electrons. The van der Waals surface area contributed by atoms with E-state index >= 15 is 0 Å². The van der Waals surface area contributed by atoms with Crippen LogP contribution in [0.1, 0.15) is 28.8 Å². The van der Waals surface area contributed by atoms with Crippen molar-refractivity contribution in [3.8, 4) is 0 Å².